The number of hydrogen-bond donors (Lipinski definition) is 2. The Morgan fingerprint density at radius 2 is 1.93 bits per heavy atom. The van der Waals surface area contributed by atoms with Crippen molar-refractivity contribution < 1.29 is 4.92 Å². The second-order valence-corrected chi connectivity index (χ2v) is 7.07. The molecule has 0 unspecified atom stereocenters. The molecule has 1 saturated heterocycles. The molecule has 2 aromatic carbocycles. The van der Waals surface area contributed by atoms with Crippen LogP contribution in [0.4, 0.5) is 22.9 Å². The minimum absolute atomic E-state index is 0.0228. The fourth-order valence-corrected chi connectivity index (χ4v) is 3.82. The molecule has 150 valence electrons. The Morgan fingerprint density at radius 3 is 2.69 bits per heavy atom. The molecule has 0 atom stereocenters. The molecule has 0 radical (unpaired) electrons. The summed E-state index contributed by atoms with van der Waals surface area (Å²) in [6, 6.07) is 11.6. The molecule has 29 heavy (non-hydrogen) atoms. The van der Waals surface area contributed by atoms with Crippen LogP contribution in [0.1, 0.15) is 25.3 Å². The molecule has 0 amide bonds. The molecule has 8 heteroatoms. The molecule has 1 aliphatic heterocycles. The number of para-hydroxylation sites is 1. The molecule has 0 aliphatic carbocycles. The molecule has 8 nitrogen and oxygen atoms in total. The summed E-state index contributed by atoms with van der Waals surface area (Å²) in [5.74, 6) is 0.595. The van der Waals surface area contributed by atoms with Crippen LogP contribution in [-0.4, -0.2) is 34.5 Å². The number of nitrogens with one attached hydrogen (secondary N) is 2. The van der Waals surface area contributed by atoms with Gasteiger partial charge in [0.2, 0.25) is 0 Å². The quantitative estimate of drug-likeness (QED) is 0.460. The molecule has 1 aliphatic rings. The van der Waals surface area contributed by atoms with Crippen molar-refractivity contribution in [2.24, 2.45) is 0 Å². The smallest absolute Gasteiger partial charge is 0.293 e. The molecule has 4 rings (SSSR count). The van der Waals surface area contributed by atoms with E-state index in [9.17, 15) is 10.1 Å². The highest BCUT2D eigenvalue weighted by Crippen LogP contribution is 2.32. The summed E-state index contributed by atoms with van der Waals surface area (Å²) in [6.45, 7) is 5.23. The van der Waals surface area contributed by atoms with Gasteiger partial charge in [-0.3, -0.25) is 10.1 Å². The highest BCUT2D eigenvalue weighted by Gasteiger charge is 2.18. The summed E-state index contributed by atoms with van der Waals surface area (Å²) in [7, 11) is 0. The number of rotatable bonds is 7. The molecule has 0 spiro atoms. The molecule has 1 aromatic heterocycles. The van der Waals surface area contributed by atoms with Crippen LogP contribution in [0.15, 0.2) is 42.7 Å². The van der Waals surface area contributed by atoms with Crippen molar-refractivity contribution in [2.45, 2.75) is 26.3 Å². The van der Waals surface area contributed by atoms with Crippen LogP contribution < -0.4 is 15.5 Å². The van der Waals surface area contributed by atoms with Gasteiger partial charge in [0.05, 0.1) is 10.4 Å². The number of benzene rings is 2. The van der Waals surface area contributed by atoms with Crippen LogP contribution in [0.3, 0.4) is 0 Å². The van der Waals surface area contributed by atoms with Gasteiger partial charge in [0.15, 0.2) is 0 Å². The lowest BCUT2D eigenvalue weighted by atomic mass is 10.1. The Balaban J connectivity index is 1.65. The summed E-state index contributed by atoms with van der Waals surface area (Å²) in [6.07, 6.45) is 3.92. The standard InChI is InChI=1S/C21H24N6O2/c1-2-22-18-12-17-16(11-20(18)27(28)29)21(25-14-24-17)23-13-15-7-3-4-8-19(15)26-9-5-6-10-26/h3-4,7-8,11-12,14,22H,2,5-6,9-10,13H2,1H3,(H,23,24,25). The lowest BCUT2D eigenvalue weighted by Gasteiger charge is -2.21. The second kappa shape index (κ2) is 8.30. The fourth-order valence-electron chi connectivity index (χ4n) is 3.82. The Hall–Kier alpha value is -3.42. The summed E-state index contributed by atoms with van der Waals surface area (Å²) in [5, 5.41) is 18.6. The van der Waals surface area contributed by atoms with Crippen LogP contribution in [-0.2, 0) is 6.54 Å². The third kappa shape index (κ3) is 3.91. The van der Waals surface area contributed by atoms with Gasteiger partial charge in [0, 0.05) is 43.3 Å². The van der Waals surface area contributed by atoms with E-state index < -0.39 is 0 Å². The predicted molar refractivity (Wildman–Crippen MR) is 116 cm³/mol. The molecular formula is C21H24N6O2. The number of anilines is 3. The molecule has 1 fully saturated rings. The number of nitro groups is 1. The van der Waals surface area contributed by atoms with Crippen LogP contribution in [0.25, 0.3) is 10.9 Å². The number of hydrogen-bond acceptors (Lipinski definition) is 7. The zero-order valence-electron chi connectivity index (χ0n) is 16.4. The minimum atomic E-state index is -0.378. The van der Waals surface area contributed by atoms with Crippen molar-refractivity contribution in [1.82, 2.24) is 9.97 Å². The first-order chi connectivity index (χ1) is 14.2. The topological polar surface area (TPSA) is 96.2 Å². The second-order valence-electron chi connectivity index (χ2n) is 7.07. The van der Waals surface area contributed by atoms with Crippen molar-refractivity contribution >= 4 is 33.8 Å². The van der Waals surface area contributed by atoms with Gasteiger partial charge < -0.3 is 15.5 Å². The largest absolute Gasteiger partial charge is 0.380 e. The summed E-state index contributed by atoms with van der Waals surface area (Å²) in [5.41, 5.74) is 3.57. The van der Waals surface area contributed by atoms with E-state index in [0.29, 0.717) is 35.5 Å². The van der Waals surface area contributed by atoms with Gasteiger partial charge in [-0.1, -0.05) is 18.2 Å². The number of nitro benzene ring substituents is 1. The Morgan fingerprint density at radius 1 is 1.14 bits per heavy atom. The monoisotopic (exact) mass is 392 g/mol. The summed E-state index contributed by atoms with van der Waals surface area (Å²) < 4.78 is 0. The predicted octanol–water partition coefficient (Wildman–Crippen LogP) is 4.18. The maximum Gasteiger partial charge on any atom is 0.293 e. The molecule has 2 N–H and O–H groups in total. The number of aromatic nitrogens is 2. The fraction of sp³-hybridized carbons (Fsp3) is 0.333. The van der Waals surface area contributed by atoms with E-state index in [4.69, 9.17) is 0 Å². The van der Waals surface area contributed by atoms with Gasteiger partial charge >= 0.3 is 0 Å². The van der Waals surface area contributed by atoms with Crippen LogP contribution in [0.2, 0.25) is 0 Å². The van der Waals surface area contributed by atoms with Gasteiger partial charge in [0.25, 0.3) is 5.69 Å². The number of nitrogens with zero attached hydrogens (tertiary/aromatic N) is 4. The van der Waals surface area contributed by atoms with Crippen molar-refractivity contribution in [3.8, 4) is 0 Å². The van der Waals surface area contributed by atoms with E-state index in [-0.39, 0.29) is 10.6 Å². The first-order valence-corrected chi connectivity index (χ1v) is 9.91. The average molecular weight is 392 g/mol. The van der Waals surface area contributed by atoms with Gasteiger partial charge in [-0.15, -0.1) is 0 Å². The lowest BCUT2D eigenvalue weighted by Crippen LogP contribution is -2.20. The van der Waals surface area contributed by atoms with Crippen LogP contribution in [0, 0.1) is 10.1 Å². The maximum atomic E-state index is 11.5. The SMILES string of the molecule is CCNc1cc2ncnc(NCc3ccccc3N3CCCC3)c2cc1[N+](=O)[O-]. The lowest BCUT2D eigenvalue weighted by molar-refractivity contribution is -0.383. The maximum absolute atomic E-state index is 11.5. The average Bonchev–Trinajstić information content (AvgIpc) is 3.26. The highest BCUT2D eigenvalue weighted by molar-refractivity contribution is 5.94. The third-order valence-electron chi connectivity index (χ3n) is 5.20. The highest BCUT2D eigenvalue weighted by atomic mass is 16.6. The third-order valence-corrected chi connectivity index (χ3v) is 5.20. The van der Waals surface area contributed by atoms with Gasteiger partial charge in [-0.2, -0.15) is 0 Å². The van der Waals surface area contributed by atoms with E-state index in [1.165, 1.54) is 30.4 Å². The van der Waals surface area contributed by atoms with Crippen LogP contribution in [0.5, 0.6) is 0 Å². The van der Waals surface area contributed by atoms with Crippen molar-refractivity contribution in [1.29, 1.82) is 0 Å². The number of fused-ring (bicyclic) bond motifs is 1. The zero-order valence-corrected chi connectivity index (χ0v) is 16.4. The van der Waals surface area contributed by atoms with E-state index in [2.05, 4.69) is 43.7 Å². The van der Waals surface area contributed by atoms with Crippen molar-refractivity contribution in [3.05, 3.63) is 58.4 Å². The molecule has 0 saturated carbocycles. The van der Waals surface area contributed by atoms with Gasteiger partial charge in [-0.05, 0) is 37.5 Å². The van der Waals surface area contributed by atoms with Gasteiger partial charge in [0.1, 0.15) is 17.8 Å². The summed E-state index contributed by atoms with van der Waals surface area (Å²) >= 11 is 0. The first-order valence-electron chi connectivity index (χ1n) is 9.91. The van der Waals surface area contributed by atoms with Crippen molar-refractivity contribution in [2.75, 3.05) is 35.2 Å². The van der Waals surface area contributed by atoms with Gasteiger partial charge in [-0.25, -0.2) is 9.97 Å². The molecule has 2 heterocycles. The molecule has 0 bridgehead atoms. The normalized spacial score (nSPS) is 13.6. The Labute approximate surface area is 169 Å². The van der Waals surface area contributed by atoms with E-state index in [1.807, 2.05) is 13.0 Å². The zero-order chi connectivity index (χ0) is 20.2. The van der Waals surface area contributed by atoms with E-state index in [1.54, 1.807) is 12.1 Å². The molecule has 3 aromatic rings. The minimum Gasteiger partial charge on any atom is -0.380 e. The van der Waals surface area contributed by atoms with E-state index in [0.717, 1.165) is 13.1 Å². The van der Waals surface area contributed by atoms with E-state index >= 15 is 0 Å². The Bertz CT molecular complexity index is 1030. The molecular weight excluding hydrogens is 368 g/mol. The Kier molecular flexibility index (Phi) is 5.41. The summed E-state index contributed by atoms with van der Waals surface area (Å²) in [4.78, 5) is 22.2. The van der Waals surface area contributed by atoms with Crippen LogP contribution >= 0.6 is 0 Å². The first kappa shape index (κ1) is 18.9. The van der Waals surface area contributed by atoms with Crippen molar-refractivity contribution in [3.63, 3.8) is 0 Å².